The number of thioether (sulfide) groups is 1. The SMILES string of the molecule is CCC(N)CCCSCCC(=O)OC. The second kappa shape index (κ2) is 9.34. The molecule has 14 heavy (non-hydrogen) atoms. The first kappa shape index (κ1) is 13.8. The molecule has 0 aromatic heterocycles. The predicted octanol–water partition coefficient (Wildman–Crippen LogP) is 1.80. The molecule has 84 valence electrons. The smallest absolute Gasteiger partial charge is 0.306 e. The Labute approximate surface area is 90.8 Å². The first-order chi connectivity index (χ1) is 6.70. The summed E-state index contributed by atoms with van der Waals surface area (Å²) in [5.74, 6) is 1.82. The minimum atomic E-state index is -0.122. The highest BCUT2D eigenvalue weighted by Gasteiger charge is 2.01. The van der Waals surface area contributed by atoms with E-state index in [1.165, 1.54) is 7.11 Å². The topological polar surface area (TPSA) is 52.3 Å². The van der Waals surface area contributed by atoms with Gasteiger partial charge in [0.15, 0.2) is 0 Å². The molecule has 0 radical (unpaired) electrons. The fraction of sp³-hybridized carbons (Fsp3) is 0.900. The minimum absolute atomic E-state index is 0.122. The molecule has 1 unspecified atom stereocenters. The number of carbonyl (C=O) groups excluding carboxylic acids is 1. The summed E-state index contributed by atoms with van der Waals surface area (Å²) in [7, 11) is 1.42. The van der Waals surface area contributed by atoms with E-state index in [1.807, 2.05) is 0 Å². The van der Waals surface area contributed by atoms with E-state index in [0.717, 1.165) is 30.8 Å². The molecule has 4 heteroatoms. The highest BCUT2D eigenvalue weighted by Crippen LogP contribution is 2.08. The third-order valence-corrected chi connectivity index (χ3v) is 3.14. The third-order valence-electron chi connectivity index (χ3n) is 2.07. The first-order valence-electron chi connectivity index (χ1n) is 5.10. The third kappa shape index (κ3) is 8.38. The van der Waals surface area contributed by atoms with E-state index in [4.69, 9.17) is 5.73 Å². The summed E-state index contributed by atoms with van der Waals surface area (Å²) in [6, 6.07) is 0.344. The number of rotatable bonds is 8. The molecule has 0 heterocycles. The second-order valence-electron chi connectivity index (χ2n) is 3.25. The van der Waals surface area contributed by atoms with Gasteiger partial charge in [-0.15, -0.1) is 0 Å². The molecule has 0 rings (SSSR count). The van der Waals surface area contributed by atoms with Gasteiger partial charge in [-0.05, 0) is 25.0 Å². The number of hydrogen-bond acceptors (Lipinski definition) is 4. The first-order valence-corrected chi connectivity index (χ1v) is 6.26. The van der Waals surface area contributed by atoms with Gasteiger partial charge in [-0.25, -0.2) is 0 Å². The normalized spacial score (nSPS) is 12.5. The number of methoxy groups -OCH3 is 1. The van der Waals surface area contributed by atoms with E-state index < -0.39 is 0 Å². The number of esters is 1. The Hall–Kier alpha value is -0.220. The van der Waals surface area contributed by atoms with Crippen LogP contribution in [0, 0.1) is 0 Å². The Morgan fingerprint density at radius 1 is 1.50 bits per heavy atom. The van der Waals surface area contributed by atoms with E-state index in [1.54, 1.807) is 11.8 Å². The summed E-state index contributed by atoms with van der Waals surface area (Å²) in [6.07, 6.45) is 3.79. The van der Waals surface area contributed by atoms with Crippen LogP contribution in [0.3, 0.4) is 0 Å². The zero-order valence-electron chi connectivity index (χ0n) is 9.12. The maximum absolute atomic E-state index is 10.7. The van der Waals surface area contributed by atoms with Crippen molar-refractivity contribution in [3.05, 3.63) is 0 Å². The highest BCUT2D eigenvalue weighted by atomic mass is 32.2. The Balaban J connectivity index is 3.10. The molecular formula is C10H21NO2S. The van der Waals surface area contributed by atoms with Gasteiger partial charge in [0.2, 0.25) is 0 Å². The quantitative estimate of drug-likeness (QED) is 0.499. The molecule has 0 aromatic rings. The monoisotopic (exact) mass is 219 g/mol. The molecule has 0 saturated heterocycles. The highest BCUT2D eigenvalue weighted by molar-refractivity contribution is 7.99. The summed E-state index contributed by atoms with van der Waals surface area (Å²) >= 11 is 1.79. The van der Waals surface area contributed by atoms with E-state index in [0.29, 0.717) is 12.5 Å². The van der Waals surface area contributed by atoms with Crippen LogP contribution in [0.1, 0.15) is 32.6 Å². The lowest BCUT2D eigenvalue weighted by Gasteiger charge is -2.07. The van der Waals surface area contributed by atoms with Crippen molar-refractivity contribution in [1.82, 2.24) is 0 Å². The standard InChI is InChI=1S/C10H21NO2S/c1-3-9(11)5-4-7-14-8-6-10(12)13-2/h9H,3-8,11H2,1-2H3. The number of carbonyl (C=O) groups is 1. The molecule has 0 amide bonds. The molecule has 0 fully saturated rings. The van der Waals surface area contributed by atoms with Crippen LogP contribution in [0.2, 0.25) is 0 Å². The van der Waals surface area contributed by atoms with Gasteiger partial charge in [-0.2, -0.15) is 11.8 Å². The largest absolute Gasteiger partial charge is 0.469 e. The molecule has 0 aromatic carbocycles. The van der Waals surface area contributed by atoms with Gasteiger partial charge in [0.05, 0.1) is 13.5 Å². The van der Waals surface area contributed by atoms with Crippen molar-refractivity contribution in [2.75, 3.05) is 18.6 Å². The average molecular weight is 219 g/mol. The Kier molecular flexibility index (Phi) is 9.19. The van der Waals surface area contributed by atoms with E-state index in [9.17, 15) is 4.79 Å². The van der Waals surface area contributed by atoms with Gasteiger partial charge in [-0.3, -0.25) is 4.79 Å². The minimum Gasteiger partial charge on any atom is -0.469 e. The van der Waals surface area contributed by atoms with E-state index in [-0.39, 0.29) is 5.97 Å². The van der Waals surface area contributed by atoms with Crippen molar-refractivity contribution in [2.45, 2.75) is 38.6 Å². The van der Waals surface area contributed by atoms with Crippen LogP contribution in [-0.2, 0) is 9.53 Å². The van der Waals surface area contributed by atoms with Crippen LogP contribution >= 0.6 is 11.8 Å². The Bertz CT molecular complexity index is 153. The molecule has 1 atom stereocenters. The van der Waals surface area contributed by atoms with Crippen LogP contribution in [0.25, 0.3) is 0 Å². The molecule has 0 aliphatic carbocycles. The molecular weight excluding hydrogens is 198 g/mol. The van der Waals surface area contributed by atoms with Gasteiger partial charge < -0.3 is 10.5 Å². The van der Waals surface area contributed by atoms with Crippen molar-refractivity contribution in [2.24, 2.45) is 5.73 Å². The molecule has 0 bridgehead atoms. The van der Waals surface area contributed by atoms with E-state index in [2.05, 4.69) is 11.7 Å². The van der Waals surface area contributed by atoms with Crippen molar-refractivity contribution in [1.29, 1.82) is 0 Å². The van der Waals surface area contributed by atoms with Crippen molar-refractivity contribution in [3.8, 4) is 0 Å². The summed E-state index contributed by atoms with van der Waals surface area (Å²) < 4.78 is 4.54. The van der Waals surface area contributed by atoms with Crippen molar-refractivity contribution in [3.63, 3.8) is 0 Å². The zero-order chi connectivity index (χ0) is 10.8. The molecule has 0 spiro atoms. The fourth-order valence-corrected chi connectivity index (χ4v) is 1.90. The summed E-state index contributed by atoms with van der Waals surface area (Å²) in [5, 5.41) is 0. The predicted molar refractivity (Wildman–Crippen MR) is 61.5 cm³/mol. The lowest BCUT2D eigenvalue weighted by atomic mass is 10.1. The van der Waals surface area contributed by atoms with Crippen LogP contribution in [0.15, 0.2) is 0 Å². The molecule has 3 nitrogen and oxygen atoms in total. The van der Waals surface area contributed by atoms with Crippen LogP contribution in [0.4, 0.5) is 0 Å². The maximum atomic E-state index is 10.7. The fourth-order valence-electron chi connectivity index (χ4n) is 1.01. The Morgan fingerprint density at radius 2 is 2.21 bits per heavy atom. The van der Waals surface area contributed by atoms with Crippen LogP contribution in [0.5, 0.6) is 0 Å². The van der Waals surface area contributed by atoms with Crippen molar-refractivity contribution < 1.29 is 9.53 Å². The van der Waals surface area contributed by atoms with Crippen LogP contribution in [-0.4, -0.2) is 30.6 Å². The van der Waals surface area contributed by atoms with E-state index >= 15 is 0 Å². The summed E-state index contributed by atoms with van der Waals surface area (Å²) in [6.45, 7) is 2.11. The number of nitrogens with two attached hydrogens (primary N) is 1. The lowest BCUT2D eigenvalue weighted by molar-refractivity contribution is -0.140. The Morgan fingerprint density at radius 3 is 2.79 bits per heavy atom. The van der Waals surface area contributed by atoms with Crippen LogP contribution < -0.4 is 5.73 Å². The van der Waals surface area contributed by atoms with Gasteiger partial charge in [0, 0.05) is 11.8 Å². The molecule has 0 aliphatic heterocycles. The number of hydrogen-bond donors (Lipinski definition) is 1. The average Bonchev–Trinajstić information content (AvgIpc) is 2.22. The lowest BCUT2D eigenvalue weighted by Crippen LogP contribution is -2.18. The van der Waals surface area contributed by atoms with Gasteiger partial charge in [-0.1, -0.05) is 6.92 Å². The maximum Gasteiger partial charge on any atom is 0.306 e. The number of ether oxygens (including phenoxy) is 1. The summed E-state index contributed by atoms with van der Waals surface area (Å²) in [5.41, 5.74) is 5.77. The molecule has 0 saturated carbocycles. The molecule has 2 N–H and O–H groups in total. The van der Waals surface area contributed by atoms with Gasteiger partial charge >= 0.3 is 5.97 Å². The van der Waals surface area contributed by atoms with Gasteiger partial charge in [0.25, 0.3) is 0 Å². The van der Waals surface area contributed by atoms with Gasteiger partial charge in [0.1, 0.15) is 0 Å². The zero-order valence-corrected chi connectivity index (χ0v) is 9.94. The second-order valence-corrected chi connectivity index (χ2v) is 4.47. The molecule has 0 aliphatic rings. The summed E-state index contributed by atoms with van der Waals surface area (Å²) in [4.78, 5) is 10.7. The van der Waals surface area contributed by atoms with Crippen molar-refractivity contribution >= 4 is 17.7 Å².